The molecule has 0 unspecified atom stereocenters. The smallest absolute Gasteiger partial charge is 0.232 e. The van der Waals surface area contributed by atoms with Gasteiger partial charge in [-0.05, 0) is 84.0 Å². The van der Waals surface area contributed by atoms with Crippen LogP contribution < -0.4 is 16.0 Å². The Morgan fingerprint density at radius 1 is 0.636 bits per heavy atom. The normalized spacial score (nSPS) is 11.9. The van der Waals surface area contributed by atoms with Gasteiger partial charge in [-0.15, -0.1) is 0 Å². The summed E-state index contributed by atoms with van der Waals surface area (Å²) in [6.45, 7) is 0. The molecule has 44 heavy (non-hydrogen) atoms. The van der Waals surface area contributed by atoms with Crippen LogP contribution in [0.15, 0.2) is 107 Å². The maximum Gasteiger partial charge on any atom is 0.232 e. The number of fused-ring (bicyclic) bond motifs is 2. The fourth-order valence-electron chi connectivity index (χ4n) is 4.27. The van der Waals surface area contributed by atoms with Gasteiger partial charge in [-0.2, -0.15) is 0 Å². The zero-order valence-electron chi connectivity index (χ0n) is 23.1. The number of hydrogen-bond donors (Lipinski definition) is 3. The number of carbonyl (C=O) groups excluding carboxylic acids is 4. The Kier molecular flexibility index (Phi) is 9.96. The molecule has 10 heteroatoms. The molecule has 4 aromatic carbocycles. The Bertz CT molecular complexity index is 1710. The molecule has 0 bridgehead atoms. The van der Waals surface area contributed by atoms with E-state index in [2.05, 4.69) is 16.0 Å². The summed E-state index contributed by atoms with van der Waals surface area (Å²) in [6.07, 6.45) is 5.23. The van der Waals surface area contributed by atoms with Crippen molar-refractivity contribution in [2.24, 2.45) is 0 Å². The Morgan fingerprint density at radius 3 is 1.50 bits per heavy atom. The van der Waals surface area contributed by atoms with E-state index in [9.17, 15) is 19.2 Å². The van der Waals surface area contributed by atoms with Gasteiger partial charge >= 0.3 is 0 Å². The molecule has 0 aliphatic carbocycles. The lowest BCUT2D eigenvalue weighted by Crippen LogP contribution is -2.16. The highest BCUT2D eigenvalue weighted by atomic mass is 35.5. The van der Waals surface area contributed by atoms with Crippen molar-refractivity contribution in [3.63, 3.8) is 0 Å². The predicted octanol–water partition coefficient (Wildman–Crippen LogP) is 8.42. The van der Waals surface area contributed by atoms with E-state index in [1.54, 1.807) is 60.7 Å². The van der Waals surface area contributed by atoms with Crippen molar-refractivity contribution < 1.29 is 19.2 Å². The molecule has 220 valence electrons. The first-order valence-electron chi connectivity index (χ1n) is 13.5. The van der Waals surface area contributed by atoms with E-state index in [4.69, 9.17) is 23.2 Å². The van der Waals surface area contributed by atoms with Crippen LogP contribution in [0.2, 0.25) is 10.0 Å². The lowest BCUT2D eigenvalue weighted by atomic mass is 10.1. The number of anilines is 4. The predicted molar refractivity (Wildman–Crippen MR) is 178 cm³/mol. The van der Waals surface area contributed by atoms with Crippen LogP contribution in [-0.4, -0.2) is 23.4 Å². The quantitative estimate of drug-likeness (QED) is 0.104. The monoisotopic (exact) mass is 641 g/mol. The van der Waals surface area contributed by atoms with E-state index in [-0.39, 0.29) is 24.4 Å². The topological polar surface area (TPSA) is 104 Å². The highest BCUT2D eigenvalue weighted by Gasteiger charge is 2.18. The third-order valence-corrected chi connectivity index (χ3v) is 8.20. The van der Waals surface area contributed by atoms with Gasteiger partial charge in [0.2, 0.25) is 11.8 Å². The van der Waals surface area contributed by atoms with E-state index in [1.807, 2.05) is 36.4 Å². The Hall–Kier alpha value is -4.63. The fourth-order valence-corrected chi connectivity index (χ4v) is 5.73. The van der Waals surface area contributed by atoms with Gasteiger partial charge in [-0.3, -0.25) is 19.2 Å². The molecule has 0 saturated heterocycles. The van der Waals surface area contributed by atoms with Gasteiger partial charge in [0.1, 0.15) is 0 Å². The van der Waals surface area contributed by atoms with Crippen LogP contribution in [0.25, 0.3) is 12.2 Å². The molecule has 0 fully saturated rings. The largest absolute Gasteiger partial charge is 0.354 e. The van der Waals surface area contributed by atoms with Gasteiger partial charge in [0.05, 0.1) is 24.2 Å². The third kappa shape index (κ3) is 8.26. The lowest BCUT2D eigenvalue weighted by Gasteiger charge is -2.22. The minimum atomic E-state index is -0.436. The molecule has 0 radical (unpaired) electrons. The minimum absolute atomic E-state index is 0.312. The van der Waals surface area contributed by atoms with E-state index >= 15 is 0 Å². The van der Waals surface area contributed by atoms with E-state index < -0.39 is 11.8 Å². The van der Waals surface area contributed by atoms with Crippen LogP contribution in [0.5, 0.6) is 0 Å². The molecule has 5 rings (SSSR count). The first kappa shape index (κ1) is 30.8. The average molecular weight is 643 g/mol. The van der Waals surface area contributed by atoms with Crippen molar-refractivity contribution in [2.75, 3.05) is 16.0 Å². The lowest BCUT2D eigenvalue weighted by molar-refractivity contribution is -0.124. The number of hydrogen-bond acceptors (Lipinski definition) is 6. The van der Waals surface area contributed by atoms with Crippen LogP contribution in [0, 0.1) is 0 Å². The summed E-state index contributed by atoms with van der Waals surface area (Å²) in [5.41, 5.74) is 4.18. The fraction of sp³-hybridized carbons (Fsp3) is 0.0588. The number of halogens is 2. The molecular formula is C34H25Cl2N3O4S. The summed E-state index contributed by atoms with van der Waals surface area (Å²) in [6, 6.07) is 25.1. The van der Waals surface area contributed by atoms with Crippen LogP contribution in [0.4, 0.5) is 22.7 Å². The Morgan fingerprint density at radius 2 is 1.07 bits per heavy atom. The number of amides is 2. The highest BCUT2D eigenvalue weighted by Crippen LogP contribution is 2.46. The van der Waals surface area contributed by atoms with Gasteiger partial charge < -0.3 is 16.0 Å². The van der Waals surface area contributed by atoms with Crippen LogP contribution in [-0.2, 0) is 19.2 Å². The summed E-state index contributed by atoms with van der Waals surface area (Å²) < 4.78 is 0. The van der Waals surface area contributed by atoms with Gasteiger partial charge in [0, 0.05) is 31.2 Å². The standard InChI is InChI=1S/C34H25Cl2N3O4S/c35-27-7-3-1-5-21(27)9-13-25(40)19-33(42)37-23-11-15-29-31(17-23)44-32-18-24(12-16-30(32)39-29)38-34(43)20-26(41)14-10-22-6-2-4-8-28(22)36/h1-18,39H,19-20H2,(H,37,42)(H,38,43)/b13-9+,14-10+. The number of carbonyl (C=O) groups is 4. The van der Waals surface area contributed by atoms with Crippen molar-refractivity contribution in [3.8, 4) is 0 Å². The number of nitrogens with one attached hydrogen (secondary N) is 3. The van der Waals surface area contributed by atoms with Gasteiger partial charge in [0.25, 0.3) is 0 Å². The molecule has 2 amide bonds. The minimum Gasteiger partial charge on any atom is -0.354 e. The average Bonchev–Trinajstić information content (AvgIpc) is 2.99. The molecule has 0 saturated carbocycles. The summed E-state index contributed by atoms with van der Waals surface area (Å²) >= 11 is 13.7. The maximum absolute atomic E-state index is 12.5. The van der Waals surface area contributed by atoms with E-state index in [0.717, 1.165) is 21.2 Å². The van der Waals surface area contributed by atoms with E-state index in [1.165, 1.54) is 23.9 Å². The van der Waals surface area contributed by atoms with Gasteiger partial charge in [0.15, 0.2) is 11.6 Å². The first-order chi connectivity index (χ1) is 21.2. The molecule has 0 aromatic heterocycles. The summed E-state index contributed by atoms with van der Waals surface area (Å²) in [5.74, 6) is -1.57. The Balaban J connectivity index is 1.16. The van der Waals surface area contributed by atoms with Crippen molar-refractivity contribution in [3.05, 3.63) is 118 Å². The molecule has 1 heterocycles. The SMILES string of the molecule is O=C(/C=C/c1ccccc1Cl)CC(=O)Nc1ccc2c(c1)Sc1cc(NC(=O)CC(=O)/C=C/c3ccccc3Cl)ccc1N2. The molecule has 7 nitrogen and oxygen atoms in total. The van der Waals surface area contributed by atoms with Crippen LogP contribution in [0.3, 0.4) is 0 Å². The van der Waals surface area contributed by atoms with Crippen molar-refractivity contribution in [2.45, 2.75) is 22.6 Å². The van der Waals surface area contributed by atoms with Crippen LogP contribution in [0.1, 0.15) is 24.0 Å². The number of allylic oxidation sites excluding steroid dienone is 2. The maximum atomic E-state index is 12.5. The number of ketones is 2. The molecule has 0 spiro atoms. The molecule has 3 N–H and O–H groups in total. The first-order valence-corrected chi connectivity index (χ1v) is 15.0. The summed E-state index contributed by atoms with van der Waals surface area (Å²) in [4.78, 5) is 51.4. The van der Waals surface area contributed by atoms with Crippen molar-refractivity contribution >= 4 is 93.2 Å². The third-order valence-electron chi connectivity index (χ3n) is 6.40. The van der Waals surface area contributed by atoms with Crippen molar-refractivity contribution in [1.82, 2.24) is 0 Å². The number of rotatable bonds is 10. The molecule has 1 aliphatic heterocycles. The second-order valence-corrected chi connectivity index (χ2v) is 11.6. The second kappa shape index (κ2) is 14.2. The molecule has 4 aromatic rings. The van der Waals surface area contributed by atoms with Gasteiger partial charge in [-0.25, -0.2) is 0 Å². The molecule has 0 atom stereocenters. The zero-order chi connectivity index (χ0) is 31.1. The highest BCUT2D eigenvalue weighted by molar-refractivity contribution is 7.99. The second-order valence-electron chi connectivity index (χ2n) is 9.74. The van der Waals surface area contributed by atoms with E-state index in [0.29, 0.717) is 32.5 Å². The number of benzene rings is 4. The van der Waals surface area contributed by atoms with Crippen LogP contribution >= 0.6 is 35.0 Å². The Labute approximate surface area is 268 Å². The molecule has 1 aliphatic rings. The van der Waals surface area contributed by atoms with Gasteiger partial charge in [-0.1, -0.05) is 71.4 Å². The van der Waals surface area contributed by atoms with Crippen molar-refractivity contribution in [1.29, 1.82) is 0 Å². The zero-order valence-corrected chi connectivity index (χ0v) is 25.4. The molecular weight excluding hydrogens is 617 g/mol. The summed E-state index contributed by atoms with van der Waals surface area (Å²) in [5, 5.41) is 9.93. The summed E-state index contributed by atoms with van der Waals surface area (Å²) in [7, 11) is 0.